The minimum atomic E-state index is -4.67. The van der Waals surface area contributed by atoms with Gasteiger partial charge in [-0.2, -0.15) is 18.3 Å². The van der Waals surface area contributed by atoms with E-state index < -0.39 is 24.0 Å². The van der Waals surface area contributed by atoms with Crippen molar-refractivity contribution in [1.82, 2.24) is 14.6 Å². The molecule has 0 aliphatic rings. The fourth-order valence-corrected chi connectivity index (χ4v) is 1.22. The van der Waals surface area contributed by atoms with Crippen molar-refractivity contribution in [2.75, 3.05) is 0 Å². The molecule has 0 aromatic carbocycles. The average Bonchev–Trinajstić information content (AvgIpc) is 2.59. The Balaban J connectivity index is 2.66. The molecule has 0 spiro atoms. The van der Waals surface area contributed by atoms with Crippen LogP contribution in [0.15, 0.2) is 18.3 Å². The van der Waals surface area contributed by atoms with E-state index in [2.05, 4.69) is 10.1 Å². The molecule has 0 fully saturated rings. The van der Waals surface area contributed by atoms with Crippen molar-refractivity contribution in [3.05, 3.63) is 29.7 Å². The first-order valence-corrected chi connectivity index (χ1v) is 4.09. The van der Waals surface area contributed by atoms with Gasteiger partial charge in [-0.15, -0.1) is 0 Å². The van der Waals surface area contributed by atoms with Crippen LogP contribution in [0.2, 0.25) is 0 Å². The van der Waals surface area contributed by atoms with E-state index in [1.165, 1.54) is 0 Å². The van der Waals surface area contributed by atoms with Gasteiger partial charge in [0.15, 0.2) is 11.3 Å². The molecule has 0 bridgehead atoms. The van der Waals surface area contributed by atoms with E-state index in [-0.39, 0.29) is 5.65 Å². The van der Waals surface area contributed by atoms with Crippen molar-refractivity contribution in [2.45, 2.75) is 12.6 Å². The lowest BCUT2D eigenvalue weighted by molar-refractivity contribution is -0.141. The molecule has 8 heteroatoms. The summed E-state index contributed by atoms with van der Waals surface area (Å²) >= 11 is 0. The molecule has 0 amide bonds. The summed E-state index contributed by atoms with van der Waals surface area (Å²) < 4.78 is 62.2. The van der Waals surface area contributed by atoms with E-state index in [9.17, 15) is 22.0 Å². The predicted octanol–water partition coefficient (Wildman–Crippen LogP) is 2.69. The summed E-state index contributed by atoms with van der Waals surface area (Å²) in [5.74, 6) is 0. The van der Waals surface area contributed by atoms with Crippen molar-refractivity contribution in [2.24, 2.45) is 0 Å². The minimum Gasteiger partial charge on any atom is -0.237 e. The maximum Gasteiger partial charge on any atom is 0.435 e. The zero-order chi connectivity index (χ0) is 11.9. The number of alkyl halides is 5. The quantitative estimate of drug-likeness (QED) is 0.714. The van der Waals surface area contributed by atoms with Crippen molar-refractivity contribution in [1.29, 1.82) is 0 Å². The lowest BCUT2D eigenvalue weighted by Crippen LogP contribution is -2.07. The molecule has 0 aliphatic heterocycles. The van der Waals surface area contributed by atoms with Crippen LogP contribution >= 0.6 is 0 Å². The standard InChI is InChI=1S/C8H4F5N3/c9-7(10)4-1-2-14-6-3-5(8(11,12)13)15-16(4)6/h1-3,7H. The molecule has 0 radical (unpaired) electrons. The Hall–Kier alpha value is -1.73. The van der Waals surface area contributed by atoms with Crippen LogP contribution in [0, 0.1) is 0 Å². The average molecular weight is 237 g/mol. The zero-order valence-electron chi connectivity index (χ0n) is 7.54. The summed E-state index contributed by atoms with van der Waals surface area (Å²) in [6, 6.07) is 1.54. The van der Waals surface area contributed by atoms with Crippen molar-refractivity contribution >= 4 is 5.65 Å². The molecule has 0 aliphatic carbocycles. The van der Waals surface area contributed by atoms with E-state index in [4.69, 9.17) is 0 Å². The summed E-state index contributed by atoms with van der Waals surface area (Å²) in [6.45, 7) is 0. The summed E-state index contributed by atoms with van der Waals surface area (Å²) in [7, 11) is 0. The second-order valence-corrected chi connectivity index (χ2v) is 2.97. The first kappa shape index (κ1) is 10.8. The van der Waals surface area contributed by atoms with Crippen molar-refractivity contribution in [3.8, 4) is 0 Å². The van der Waals surface area contributed by atoms with E-state index in [0.29, 0.717) is 10.6 Å². The molecule has 2 aromatic rings. The number of fused-ring (bicyclic) bond motifs is 1. The highest BCUT2D eigenvalue weighted by Crippen LogP contribution is 2.29. The van der Waals surface area contributed by atoms with Gasteiger partial charge in [-0.1, -0.05) is 0 Å². The monoisotopic (exact) mass is 237 g/mol. The number of aromatic nitrogens is 3. The first-order chi connectivity index (χ1) is 7.39. The summed E-state index contributed by atoms with van der Waals surface area (Å²) in [4.78, 5) is 3.53. The predicted molar refractivity (Wildman–Crippen MR) is 42.9 cm³/mol. The van der Waals surface area contributed by atoms with Crippen LogP contribution in [-0.2, 0) is 6.18 Å². The minimum absolute atomic E-state index is 0.259. The molecule has 0 atom stereocenters. The second-order valence-electron chi connectivity index (χ2n) is 2.97. The van der Waals surface area contributed by atoms with Gasteiger partial charge in [-0.25, -0.2) is 18.3 Å². The summed E-state index contributed by atoms with van der Waals surface area (Å²) in [5, 5.41) is 3.05. The third-order valence-corrected chi connectivity index (χ3v) is 1.90. The number of rotatable bonds is 1. The van der Waals surface area contributed by atoms with Gasteiger partial charge in [0.05, 0.1) is 0 Å². The van der Waals surface area contributed by atoms with Gasteiger partial charge in [-0.3, -0.25) is 0 Å². The Morgan fingerprint density at radius 3 is 2.50 bits per heavy atom. The van der Waals surface area contributed by atoms with Gasteiger partial charge in [-0.05, 0) is 6.07 Å². The largest absolute Gasteiger partial charge is 0.435 e. The Kier molecular flexibility index (Phi) is 2.28. The van der Waals surface area contributed by atoms with Crippen LogP contribution in [0.1, 0.15) is 17.8 Å². The van der Waals surface area contributed by atoms with E-state index >= 15 is 0 Å². The molecule has 2 rings (SSSR count). The van der Waals surface area contributed by atoms with Crippen LogP contribution in [0.25, 0.3) is 5.65 Å². The van der Waals surface area contributed by atoms with E-state index in [0.717, 1.165) is 12.3 Å². The molecule has 2 aromatic heterocycles. The first-order valence-electron chi connectivity index (χ1n) is 4.09. The third kappa shape index (κ3) is 1.70. The summed E-state index contributed by atoms with van der Waals surface area (Å²) in [6.07, 6.45) is -6.57. The molecule has 0 unspecified atom stereocenters. The molecule has 86 valence electrons. The Bertz CT molecular complexity index is 516. The Labute approximate surface area is 85.5 Å². The number of hydrogen-bond acceptors (Lipinski definition) is 2. The van der Waals surface area contributed by atoms with Gasteiger partial charge >= 0.3 is 6.18 Å². The van der Waals surface area contributed by atoms with E-state index in [1.807, 2.05) is 0 Å². The lowest BCUT2D eigenvalue weighted by atomic mass is 10.4. The Morgan fingerprint density at radius 2 is 1.94 bits per heavy atom. The van der Waals surface area contributed by atoms with Crippen LogP contribution < -0.4 is 0 Å². The zero-order valence-corrected chi connectivity index (χ0v) is 7.54. The van der Waals surface area contributed by atoms with Crippen LogP contribution in [0.3, 0.4) is 0 Å². The van der Waals surface area contributed by atoms with Crippen LogP contribution in [-0.4, -0.2) is 14.6 Å². The Morgan fingerprint density at radius 1 is 1.25 bits per heavy atom. The topological polar surface area (TPSA) is 30.2 Å². The molecule has 0 saturated carbocycles. The molecular weight excluding hydrogens is 233 g/mol. The van der Waals surface area contributed by atoms with Crippen molar-refractivity contribution < 1.29 is 22.0 Å². The molecule has 3 nitrogen and oxygen atoms in total. The second kappa shape index (κ2) is 3.39. The van der Waals surface area contributed by atoms with Gasteiger partial charge in [0, 0.05) is 12.3 Å². The molecule has 2 heterocycles. The number of hydrogen-bond donors (Lipinski definition) is 0. The maximum atomic E-state index is 12.4. The third-order valence-electron chi connectivity index (χ3n) is 1.90. The van der Waals surface area contributed by atoms with Gasteiger partial charge in [0.2, 0.25) is 0 Å². The van der Waals surface area contributed by atoms with E-state index in [1.54, 1.807) is 0 Å². The number of halogens is 5. The van der Waals surface area contributed by atoms with Crippen LogP contribution in [0.4, 0.5) is 22.0 Å². The highest BCUT2D eigenvalue weighted by Gasteiger charge is 2.34. The summed E-state index contributed by atoms with van der Waals surface area (Å²) in [5.41, 5.74) is -2.13. The van der Waals surface area contributed by atoms with Crippen LogP contribution in [0.5, 0.6) is 0 Å². The maximum absolute atomic E-state index is 12.4. The fourth-order valence-electron chi connectivity index (χ4n) is 1.22. The normalized spacial score (nSPS) is 12.6. The lowest BCUT2D eigenvalue weighted by Gasteiger charge is -2.02. The fraction of sp³-hybridized carbons (Fsp3) is 0.250. The van der Waals surface area contributed by atoms with Gasteiger partial charge in [0.25, 0.3) is 6.43 Å². The molecular formula is C8H4F5N3. The molecule has 0 saturated heterocycles. The molecule has 0 N–H and O–H groups in total. The highest BCUT2D eigenvalue weighted by atomic mass is 19.4. The highest BCUT2D eigenvalue weighted by molar-refractivity contribution is 5.41. The van der Waals surface area contributed by atoms with Crippen molar-refractivity contribution in [3.63, 3.8) is 0 Å². The SMILES string of the molecule is FC(F)c1ccnc2cc(C(F)(F)F)nn12. The van der Waals surface area contributed by atoms with Gasteiger partial charge in [0.1, 0.15) is 5.69 Å². The van der Waals surface area contributed by atoms with Gasteiger partial charge < -0.3 is 0 Å². The number of nitrogens with zero attached hydrogens (tertiary/aromatic N) is 3. The molecule has 16 heavy (non-hydrogen) atoms. The smallest absolute Gasteiger partial charge is 0.237 e.